The molecule has 4 nitrogen and oxygen atoms in total. The summed E-state index contributed by atoms with van der Waals surface area (Å²) in [4.78, 5) is 13.9. The summed E-state index contributed by atoms with van der Waals surface area (Å²) in [6.07, 6.45) is 2.16. The van der Waals surface area contributed by atoms with Crippen LogP contribution < -0.4 is 9.47 Å². The minimum atomic E-state index is 0.0414. The van der Waals surface area contributed by atoms with Crippen LogP contribution >= 0.6 is 15.9 Å². The molecule has 104 valence electrons. The van der Waals surface area contributed by atoms with E-state index < -0.39 is 0 Å². The van der Waals surface area contributed by atoms with Crippen molar-refractivity contribution in [1.82, 2.24) is 4.90 Å². The molecule has 0 saturated carbocycles. The Morgan fingerprint density at radius 2 is 2.32 bits per heavy atom. The lowest BCUT2D eigenvalue weighted by atomic mass is 10.2. The summed E-state index contributed by atoms with van der Waals surface area (Å²) < 4.78 is 11.5. The first kappa shape index (κ1) is 14.2. The van der Waals surface area contributed by atoms with Crippen molar-refractivity contribution in [3.8, 4) is 11.5 Å². The second-order valence-corrected chi connectivity index (χ2v) is 5.52. The largest absolute Gasteiger partial charge is 0.497 e. The van der Waals surface area contributed by atoms with Gasteiger partial charge in [-0.3, -0.25) is 4.79 Å². The van der Waals surface area contributed by atoms with Crippen molar-refractivity contribution in [2.45, 2.75) is 25.8 Å². The molecule has 0 aliphatic carbocycles. The Balaban J connectivity index is 1.96. The average molecular weight is 328 g/mol. The number of carbonyl (C=O) groups excluding carboxylic acids is 1. The van der Waals surface area contributed by atoms with Crippen molar-refractivity contribution in [3.63, 3.8) is 0 Å². The van der Waals surface area contributed by atoms with E-state index >= 15 is 0 Å². The molecule has 1 saturated heterocycles. The zero-order valence-electron chi connectivity index (χ0n) is 11.2. The fraction of sp³-hybridized carbons (Fsp3) is 0.500. The highest BCUT2D eigenvalue weighted by atomic mass is 79.9. The van der Waals surface area contributed by atoms with E-state index in [1.165, 1.54) is 0 Å². The van der Waals surface area contributed by atoms with Crippen LogP contribution in [0.15, 0.2) is 22.7 Å². The molecule has 1 heterocycles. The fourth-order valence-corrected chi connectivity index (χ4v) is 2.61. The van der Waals surface area contributed by atoms with Gasteiger partial charge >= 0.3 is 0 Å². The number of benzene rings is 1. The Morgan fingerprint density at radius 1 is 1.53 bits per heavy atom. The van der Waals surface area contributed by atoms with Crippen LogP contribution in [0.25, 0.3) is 0 Å². The second kappa shape index (κ2) is 6.28. The van der Waals surface area contributed by atoms with Gasteiger partial charge in [0.05, 0.1) is 11.6 Å². The van der Waals surface area contributed by atoms with Crippen LogP contribution in [0.1, 0.15) is 19.8 Å². The third-order valence-corrected chi connectivity index (χ3v) is 4.02. The van der Waals surface area contributed by atoms with E-state index in [2.05, 4.69) is 22.9 Å². The van der Waals surface area contributed by atoms with Crippen molar-refractivity contribution in [1.29, 1.82) is 0 Å². The van der Waals surface area contributed by atoms with Crippen LogP contribution in [0.4, 0.5) is 0 Å². The predicted octanol–water partition coefficient (Wildman–Crippen LogP) is 2.85. The highest BCUT2D eigenvalue weighted by molar-refractivity contribution is 9.10. The summed E-state index contributed by atoms with van der Waals surface area (Å²) in [7, 11) is 1.60. The van der Waals surface area contributed by atoms with E-state index in [9.17, 15) is 4.79 Å². The molecule has 0 bridgehead atoms. The van der Waals surface area contributed by atoms with Gasteiger partial charge in [-0.25, -0.2) is 0 Å². The summed E-state index contributed by atoms with van der Waals surface area (Å²) in [5.74, 6) is 1.37. The molecule has 0 N–H and O–H groups in total. The first-order chi connectivity index (χ1) is 9.11. The number of hydrogen-bond acceptors (Lipinski definition) is 3. The van der Waals surface area contributed by atoms with Crippen molar-refractivity contribution in [3.05, 3.63) is 22.7 Å². The quantitative estimate of drug-likeness (QED) is 0.853. The van der Waals surface area contributed by atoms with Crippen LogP contribution in [0.2, 0.25) is 0 Å². The number of hydrogen-bond donors (Lipinski definition) is 0. The maximum atomic E-state index is 12.0. The van der Waals surface area contributed by atoms with Crippen molar-refractivity contribution < 1.29 is 14.3 Å². The molecule has 1 fully saturated rings. The van der Waals surface area contributed by atoms with Gasteiger partial charge in [0.25, 0.3) is 5.91 Å². The van der Waals surface area contributed by atoms with Gasteiger partial charge in [0.2, 0.25) is 0 Å². The SMILES string of the molecule is COc1ccc(Br)c(OCC(=O)N2CCCC2C)c1. The van der Waals surface area contributed by atoms with Gasteiger partial charge < -0.3 is 14.4 Å². The van der Waals surface area contributed by atoms with E-state index in [1.807, 2.05) is 17.0 Å². The maximum Gasteiger partial charge on any atom is 0.260 e. The van der Waals surface area contributed by atoms with Crippen LogP contribution in [-0.4, -0.2) is 37.1 Å². The summed E-state index contributed by atoms with van der Waals surface area (Å²) in [5, 5.41) is 0. The summed E-state index contributed by atoms with van der Waals surface area (Å²) in [6.45, 7) is 2.98. The first-order valence-electron chi connectivity index (χ1n) is 6.37. The molecule has 1 aromatic carbocycles. The Hall–Kier alpha value is -1.23. The number of halogens is 1. The van der Waals surface area contributed by atoms with Crippen molar-refractivity contribution >= 4 is 21.8 Å². The van der Waals surface area contributed by atoms with Gasteiger partial charge in [-0.2, -0.15) is 0 Å². The number of ether oxygens (including phenoxy) is 2. The van der Waals surface area contributed by atoms with Crippen LogP contribution in [0.5, 0.6) is 11.5 Å². The van der Waals surface area contributed by atoms with Gasteiger partial charge in [0.1, 0.15) is 11.5 Å². The number of nitrogens with zero attached hydrogens (tertiary/aromatic N) is 1. The molecule has 5 heteroatoms. The molecular formula is C14H18BrNO3. The third kappa shape index (κ3) is 3.41. The normalized spacial score (nSPS) is 18.5. The summed E-state index contributed by atoms with van der Waals surface area (Å²) in [5.41, 5.74) is 0. The van der Waals surface area contributed by atoms with E-state index in [1.54, 1.807) is 13.2 Å². The van der Waals surface area contributed by atoms with Gasteiger partial charge in [0.15, 0.2) is 6.61 Å². The van der Waals surface area contributed by atoms with Crippen LogP contribution in [0.3, 0.4) is 0 Å². The lowest BCUT2D eigenvalue weighted by Crippen LogP contribution is -2.37. The molecule has 19 heavy (non-hydrogen) atoms. The number of rotatable bonds is 4. The summed E-state index contributed by atoms with van der Waals surface area (Å²) >= 11 is 3.40. The zero-order chi connectivity index (χ0) is 13.8. The van der Waals surface area contributed by atoms with Crippen LogP contribution in [-0.2, 0) is 4.79 Å². The van der Waals surface area contributed by atoms with Gasteiger partial charge in [-0.05, 0) is 47.8 Å². The third-order valence-electron chi connectivity index (χ3n) is 3.36. The molecule has 0 radical (unpaired) electrons. The minimum absolute atomic E-state index is 0.0414. The van der Waals surface area contributed by atoms with E-state index in [4.69, 9.17) is 9.47 Å². The summed E-state index contributed by atoms with van der Waals surface area (Å²) in [6, 6.07) is 5.77. The Morgan fingerprint density at radius 3 is 2.95 bits per heavy atom. The smallest absolute Gasteiger partial charge is 0.260 e. The second-order valence-electron chi connectivity index (χ2n) is 4.66. The Labute approximate surface area is 121 Å². The number of amides is 1. The van der Waals surface area contributed by atoms with E-state index in [0.29, 0.717) is 17.5 Å². The Kier molecular flexibility index (Phi) is 4.69. The molecule has 1 aliphatic heterocycles. The molecule has 1 atom stereocenters. The standard InChI is InChI=1S/C14H18BrNO3/c1-10-4-3-7-16(10)14(17)9-19-13-8-11(18-2)5-6-12(13)15/h5-6,8,10H,3-4,7,9H2,1-2H3. The molecule has 1 aromatic rings. The predicted molar refractivity (Wildman–Crippen MR) is 76.6 cm³/mol. The van der Waals surface area contributed by atoms with Gasteiger partial charge in [0, 0.05) is 18.7 Å². The maximum absolute atomic E-state index is 12.0. The number of methoxy groups -OCH3 is 1. The van der Waals surface area contributed by atoms with Gasteiger partial charge in [-0.15, -0.1) is 0 Å². The lowest BCUT2D eigenvalue weighted by molar-refractivity contribution is -0.133. The zero-order valence-corrected chi connectivity index (χ0v) is 12.8. The fourth-order valence-electron chi connectivity index (χ4n) is 2.25. The molecule has 1 amide bonds. The van der Waals surface area contributed by atoms with Crippen molar-refractivity contribution in [2.24, 2.45) is 0 Å². The minimum Gasteiger partial charge on any atom is -0.497 e. The number of likely N-dealkylation sites (tertiary alicyclic amines) is 1. The topological polar surface area (TPSA) is 38.8 Å². The van der Waals surface area contributed by atoms with E-state index in [-0.39, 0.29) is 12.5 Å². The van der Waals surface area contributed by atoms with E-state index in [0.717, 1.165) is 23.9 Å². The van der Waals surface area contributed by atoms with Crippen LogP contribution in [0, 0.1) is 0 Å². The monoisotopic (exact) mass is 327 g/mol. The highest BCUT2D eigenvalue weighted by Crippen LogP contribution is 2.29. The molecular weight excluding hydrogens is 310 g/mol. The first-order valence-corrected chi connectivity index (χ1v) is 7.17. The molecule has 1 unspecified atom stereocenters. The Bertz CT molecular complexity index is 464. The lowest BCUT2D eigenvalue weighted by Gasteiger charge is -2.21. The average Bonchev–Trinajstić information content (AvgIpc) is 2.84. The molecule has 0 spiro atoms. The van der Waals surface area contributed by atoms with Crippen molar-refractivity contribution in [2.75, 3.05) is 20.3 Å². The molecule has 2 rings (SSSR count). The molecule has 1 aliphatic rings. The molecule has 0 aromatic heterocycles. The highest BCUT2D eigenvalue weighted by Gasteiger charge is 2.25. The van der Waals surface area contributed by atoms with Gasteiger partial charge in [-0.1, -0.05) is 0 Å². The number of carbonyl (C=O) groups is 1.